The van der Waals surface area contributed by atoms with Gasteiger partial charge in [0.15, 0.2) is 5.78 Å². The number of benzene rings is 3. The number of ketones is 1. The van der Waals surface area contributed by atoms with Gasteiger partial charge in [-0.05, 0) is 59.9 Å². The zero-order chi connectivity index (χ0) is 24.2. The number of ether oxygens (including phenoxy) is 2. The van der Waals surface area contributed by atoms with Crippen molar-refractivity contribution in [2.75, 3.05) is 0 Å². The van der Waals surface area contributed by atoms with Crippen LogP contribution in [0.4, 0.5) is 0 Å². The summed E-state index contributed by atoms with van der Waals surface area (Å²) in [5.41, 5.74) is 3.13. The van der Waals surface area contributed by atoms with Crippen LogP contribution in [-0.4, -0.2) is 17.4 Å². The molecule has 0 aliphatic heterocycles. The van der Waals surface area contributed by atoms with E-state index in [9.17, 15) is 14.7 Å². The zero-order valence-corrected chi connectivity index (χ0v) is 19.9. The predicted molar refractivity (Wildman–Crippen MR) is 129 cm³/mol. The van der Waals surface area contributed by atoms with Gasteiger partial charge in [-0.15, -0.1) is 0 Å². The molecule has 0 radical (unpaired) electrons. The molecule has 0 unspecified atom stereocenters. The van der Waals surface area contributed by atoms with Gasteiger partial charge in [0.1, 0.15) is 23.9 Å². The van der Waals surface area contributed by atoms with Crippen molar-refractivity contribution in [2.45, 2.75) is 40.7 Å². The number of aromatic hydroxyl groups is 1. The quantitative estimate of drug-likeness (QED) is 0.293. The molecule has 172 valence electrons. The molecule has 0 aliphatic carbocycles. The molecule has 0 saturated carbocycles. The summed E-state index contributed by atoms with van der Waals surface area (Å²) in [6, 6.07) is 16.0. The molecular weight excluding hydrogens is 440 g/mol. The molecule has 0 atom stereocenters. The Morgan fingerprint density at radius 3 is 2.55 bits per heavy atom. The van der Waals surface area contributed by atoms with E-state index in [0.29, 0.717) is 40.5 Å². The maximum Gasteiger partial charge on any atom is 0.298 e. The van der Waals surface area contributed by atoms with Gasteiger partial charge >= 0.3 is 0 Å². The summed E-state index contributed by atoms with van der Waals surface area (Å²) >= 11 is 6.34. The second-order valence-electron chi connectivity index (χ2n) is 9.09. The molecule has 0 fully saturated rings. The number of halogens is 1. The number of hydrogen-bond acceptors (Lipinski definition) is 5. The van der Waals surface area contributed by atoms with Gasteiger partial charge in [0, 0.05) is 22.6 Å². The summed E-state index contributed by atoms with van der Waals surface area (Å²) in [7, 11) is 0. The van der Waals surface area contributed by atoms with Crippen LogP contribution in [0.1, 0.15) is 48.7 Å². The van der Waals surface area contributed by atoms with Crippen molar-refractivity contribution in [1.29, 1.82) is 0 Å². The molecule has 5 nitrogen and oxygen atoms in total. The molecule has 0 aromatic heterocycles. The monoisotopic (exact) mass is 466 g/mol. The van der Waals surface area contributed by atoms with Crippen molar-refractivity contribution in [3.63, 3.8) is 0 Å². The second kappa shape index (κ2) is 10.1. The molecule has 0 aliphatic rings. The van der Waals surface area contributed by atoms with Gasteiger partial charge < -0.3 is 14.6 Å². The van der Waals surface area contributed by atoms with Crippen LogP contribution < -0.4 is 9.47 Å². The van der Waals surface area contributed by atoms with Gasteiger partial charge in [-0.1, -0.05) is 50.6 Å². The Bertz CT molecular complexity index is 1180. The van der Waals surface area contributed by atoms with Crippen molar-refractivity contribution in [1.82, 2.24) is 0 Å². The van der Waals surface area contributed by atoms with Crippen LogP contribution in [0.25, 0.3) is 11.1 Å². The Morgan fingerprint density at radius 2 is 1.85 bits per heavy atom. The minimum absolute atomic E-state index is 0.0470. The lowest BCUT2D eigenvalue weighted by molar-refractivity contribution is -0.120. The normalized spacial score (nSPS) is 11.2. The molecule has 3 rings (SSSR count). The fourth-order valence-electron chi connectivity index (χ4n) is 3.48. The number of rotatable bonds is 8. The molecule has 0 heterocycles. The van der Waals surface area contributed by atoms with E-state index in [1.165, 1.54) is 0 Å². The summed E-state index contributed by atoms with van der Waals surface area (Å²) in [4.78, 5) is 23.2. The molecule has 3 aromatic rings. The topological polar surface area (TPSA) is 72.8 Å². The maximum atomic E-state index is 12.5. The van der Waals surface area contributed by atoms with Crippen molar-refractivity contribution < 1.29 is 24.2 Å². The van der Waals surface area contributed by atoms with Gasteiger partial charge in [-0.25, -0.2) is 0 Å². The third kappa shape index (κ3) is 6.14. The largest absolute Gasteiger partial charge is 0.507 e. The first-order chi connectivity index (χ1) is 15.6. The van der Waals surface area contributed by atoms with Crippen LogP contribution in [0.3, 0.4) is 0 Å². The van der Waals surface area contributed by atoms with E-state index in [1.807, 2.05) is 45.0 Å². The SMILES string of the molecule is Cc1c(OCc2cccc(-c3cc(OC=O)ccc3Cl)c2)ccc(C(=O)CC(C)(C)C)c1O. The Kier molecular flexibility index (Phi) is 7.44. The number of phenols is 1. The molecule has 0 bridgehead atoms. The van der Waals surface area contributed by atoms with Crippen LogP contribution in [0.2, 0.25) is 5.02 Å². The van der Waals surface area contributed by atoms with E-state index < -0.39 is 0 Å². The van der Waals surface area contributed by atoms with Gasteiger partial charge in [0.2, 0.25) is 0 Å². The molecule has 6 heteroatoms. The fourth-order valence-corrected chi connectivity index (χ4v) is 3.71. The third-order valence-corrected chi connectivity index (χ3v) is 5.46. The first kappa shape index (κ1) is 24.3. The molecule has 33 heavy (non-hydrogen) atoms. The number of carbonyl (C=O) groups is 2. The standard InChI is InChI=1S/C27H27ClO5/c1-17-25(11-9-21(26(17)31)24(30)14-27(2,3)4)32-15-18-6-5-7-19(12-18)22-13-20(33-16-29)8-10-23(22)28/h5-13,16,31H,14-15H2,1-4H3. The van der Waals surface area contributed by atoms with E-state index >= 15 is 0 Å². The third-order valence-electron chi connectivity index (χ3n) is 5.13. The highest BCUT2D eigenvalue weighted by molar-refractivity contribution is 6.33. The number of hydrogen-bond donors (Lipinski definition) is 1. The summed E-state index contributed by atoms with van der Waals surface area (Å²) in [5, 5.41) is 11.1. The Balaban J connectivity index is 1.79. The van der Waals surface area contributed by atoms with Crippen molar-refractivity contribution in [2.24, 2.45) is 5.41 Å². The van der Waals surface area contributed by atoms with E-state index in [-0.39, 0.29) is 23.6 Å². The van der Waals surface area contributed by atoms with Crippen LogP contribution in [0.15, 0.2) is 54.6 Å². The first-order valence-corrected chi connectivity index (χ1v) is 10.9. The van der Waals surface area contributed by atoms with Crippen LogP contribution >= 0.6 is 11.6 Å². The van der Waals surface area contributed by atoms with Crippen LogP contribution in [-0.2, 0) is 11.4 Å². The Morgan fingerprint density at radius 1 is 1.09 bits per heavy atom. The smallest absolute Gasteiger partial charge is 0.298 e. The van der Waals surface area contributed by atoms with Gasteiger partial charge in [-0.3, -0.25) is 9.59 Å². The van der Waals surface area contributed by atoms with E-state index in [4.69, 9.17) is 21.1 Å². The highest BCUT2D eigenvalue weighted by atomic mass is 35.5. The number of carbonyl (C=O) groups excluding carboxylic acids is 2. The first-order valence-electron chi connectivity index (χ1n) is 10.6. The summed E-state index contributed by atoms with van der Waals surface area (Å²) in [5.74, 6) is 0.761. The Labute approximate surface area is 198 Å². The number of phenolic OH excluding ortho intramolecular Hbond substituents is 1. The van der Waals surface area contributed by atoms with Gasteiger partial charge in [-0.2, -0.15) is 0 Å². The van der Waals surface area contributed by atoms with E-state index in [2.05, 4.69) is 0 Å². The lowest BCUT2D eigenvalue weighted by atomic mass is 9.87. The fraction of sp³-hybridized carbons (Fsp3) is 0.259. The second-order valence-corrected chi connectivity index (χ2v) is 9.50. The van der Waals surface area contributed by atoms with Crippen molar-refractivity contribution >= 4 is 23.9 Å². The number of Topliss-reactive ketones (excluding diaryl/α,β-unsaturated/α-hetero) is 1. The van der Waals surface area contributed by atoms with Gasteiger partial charge in [0.25, 0.3) is 6.47 Å². The molecule has 1 N–H and O–H groups in total. The average Bonchev–Trinajstić information content (AvgIpc) is 2.75. The predicted octanol–water partition coefficient (Wildman–Crippen LogP) is 6.75. The minimum atomic E-state index is -0.167. The highest BCUT2D eigenvalue weighted by Crippen LogP contribution is 2.35. The minimum Gasteiger partial charge on any atom is -0.507 e. The summed E-state index contributed by atoms with van der Waals surface area (Å²) in [6.45, 7) is 8.31. The van der Waals surface area contributed by atoms with E-state index in [0.717, 1.165) is 16.7 Å². The average molecular weight is 467 g/mol. The van der Waals surface area contributed by atoms with Gasteiger partial charge in [0.05, 0.1) is 5.56 Å². The van der Waals surface area contributed by atoms with Crippen LogP contribution in [0, 0.1) is 12.3 Å². The zero-order valence-electron chi connectivity index (χ0n) is 19.1. The maximum absolute atomic E-state index is 12.5. The van der Waals surface area contributed by atoms with Crippen molar-refractivity contribution in [3.05, 3.63) is 76.3 Å². The lowest BCUT2D eigenvalue weighted by Gasteiger charge is -2.18. The van der Waals surface area contributed by atoms with Crippen LogP contribution in [0.5, 0.6) is 17.2 Å². The van der Waals surface area contributed by atoms with E-state index in [1.54, 1.807) is 37.3 Å². The van der Waals surface area contributed by atoms with Crippen molar-refractivity contribution in [3.8, 4) is 28.4 Å². The Hall–Kier alpha value is -3.31. The highest BCUT2D eigenvalue weighted by Gasteiger charge is 2.21. The molecule has 3 aromatic carbocycles. The summed E-state index contributed by atoms with van der Waals surface area (Å²) < 4.78 is 10.9. The lowest BCUT2D eigenvalue weighted by Crippen LogP contribution is -2.13. The molecule has 0 amide bonds. The molecule has 0 spiro atoms. The summed E-state index contributed by atoms with van der Waals surface area (Å²) in [6.07, 6.45) is 0.342. The molecular formula is C27H27ClO5. The molecule has 0 saturated heterocycles.